The molecule has 2 amide bonds. The van der Waals surface area contributed by atoms with Crippen molar-refractivity contribution in [1.29, 1.82) is 0 Å². The number of likely N-dealkylation sites (N-methyl/N-ethyl adjacent to an activating group) is 1. The molecule has 1 saturated heterocycles. The minimum atomic E-state index is -0.290. The summed E-state index contributed by atoms with van der Waals surface area (Å²) in [5, 5.41) is 5.52. The molecule has 138 valence electrons. The lowest BCUT2D eigenvalue weighted by molar-refractivity contribution is -0.126. The number of nitrogens with zero attached hydrogens (tertiary/aromatic N) is 2. The number of hydrogen-bond donors (Lipinski definition) is 2. The van der Waals surface area contributed by atoms with Crippen molar-refractivity contribution >= 4 is 23.2 Å². The van der Waals surface area contributed by atoms with Gasteiger partial charge in [-0.05, 0) is 57.1 Å². The van der Waals surface area contributed by atoms with Crippen molar-refractivity contribution in [3.63, 3.8) is 0 Å². The molecule has 1 heterocycles. The van der Waals surface area contributed by atoms with E-state index >= 15 is 0 Å². The number of hydrogen-bond acceptors (Lipinski definition) is 4. The summed E-state index contributed by atoms with van der Waals surface area (Å²) in [6, 6.07) is 7.86. The van der Waals surface area contributed by atoms with E-state index in [4.69, 9.17) is 0 Å². The second-order valence-electron chi connectivity index (χ2n) is 7.09. The van der Waals surface area contributed by atoms with E-state index in [0.717, 1.165) is 31.2 Å². The normalized spacial score (nSPS) is 15.3. The third-order valence-electron chi connectivity index (χ3n) is 4.50. The van der Waals surface area contributed by atoms with Crippen molar-refractivity contribution in [3.05, 3.63) is 24.3 Å². The lowest BCUT2D eigenvalue weighted by Gasteiger charge is -2.32. The van der Waals surface area contributed by atoms with Gasteiger partial charge in [0.05, 0.1) is 0 Å². The lowest BCUT2D eigenvalue weighted by Crippen LogP contribution is -2.33. The number of piperidine rings is 1. The summed E-state index contributed by atoms with van der Waals surface area (Å²) in [6.45, 7) is 5.76. The fourth-order valence-electron chi connectivity index (χ4n) is 2.85. The van der Waals surface area contributed by atoms with Crippen LogP contribution in [0, 0.1) is 5.92 Å². The Morgan fingerprint density at radius 3 is 2.36 bits per heavy atom. The Kier molecular flexibility index (Phi) is 7.25. The third-order valence-corrected chi connectivity index (χ3v) is 4.50. The summed E-state index contributed by atoms with van der Waals surface area (Å²) in [5.74, 6) is 0.263. The van der Waals surface area contributed by atoms with E-state index in [1.54, 1.807) is 0 Å². The van der Waals surface area contributed by atoms with Crippen molar-refractivity contribution in [1.82, 2.24) is 10.2 Å². The van der Waals surface area contributed by atoms with Crippen molar-refractivity contribution in [2.75, 3.05) is 50.5 Å². The molecule has 6 heteroatoms. The molecule has 0 saturated carbocycles. The second kappa shape index (κ2) is 9.42. The van der Waals surface area contributed by atoms with Gasteiger partial charge in [0.2, 0.25) is 11.8 Å². The Balaban J connectivity index is 1.76. The number of carbonyl (C=O) groups is 2. The van der Waals surface area contributed by atoms with E-state index in [-0.39, 0.29) is 18.2 Å². The van der Waals surface area contributed by atoms with Gasteiger partial charge in [-0.2, -0.15) is 0 Å². The summed E-state index contributed by atoms with van der Waals surface area (Å²) in [6.07, 6.45) is 2.29. The van der Waals surface area contributed by atoms with Crippen LogP contribution in [0.3, 0.4) is 0 Å². The highest BCUT2D eigenvalue weighted by Gasteiger charge is 2.16. The zero-order chi connectivity index (χ0) is 18.2. The van der Waals surface area contributed by atoms with Crippen LogP contribution in [0.25, 0.3) is 0 Å². The average Bonchev–Trinajstić information content (AvgIpc) is 2.56. The smallest absolute Gasteiger partial charge is 0.233 e. The molecule has 6 nitrogen and oxygen atoms in total. The number of carbonyl (C=O) groups excluding carboxylic acids is 2. The minimum absolute atomic E-state index is 0.154. The molecular weight excluding hydrogens is 316 g/mol. The van der Waals surface area contributed by atoms with Crippen LogP contribution in [-0.4, -0.2) is 57.0 Å². The van der Waals surface area contributed by atoms with Gasteiger partial charge in [-0.1, -0.05) is 6.92 Å². The molecule has 2 rings (SSSR count). The van der Waals surface area contributed by atoms with Gasteiger partial charge in [-0.15, -0.1) is 0 Å². The molecule has 1 aromatic carbocycles. The van der Waals surface area contributed by atoms with E-state index in [9.17, 15) is 9.59 Å². The fourth-order valence-corrected chi connectivity index (χ4v) is 2.85. The third kappa shape index (κ3) is 6.74. The summed E-state index contributed by atoms with van der Waals surface area (Å²) < 4.78 is 0. The first-order valence-electron chi connectivity index (χ1n) is 9.00. The largest absolute Gasteiger partial charge is 0.372 e. The number of amides is 2. The van der Waals surface area contributed by atoms with Gasteiger partial charge in [-0.25, -0.2) is 0 Å². The highest BCUT2D eigenvalue weighted by atomic mass is 16.2. The molecule has 0 aromatic heterocycles. The highest BCUT2D eigenvalue weighted by molar-refractivity contribution is 6.03. The van der Waals surface area contributed by atoms with Crippen LogP contribution in [0.2, 0.25) is 0 Å². The number of nitrogens with one attached hydrogen (secondary N) is 2. The molecule has 0 radical (unpaired) electrons. The molecule has 2 N–H and O–H groups in total. The molecule has 0 spiro atoms. The van der Waals surface area contributed by atoms with Crippen LogP contribution in [-0.2, 0) is 9.59 Å². The molecule has 0 aliphatic carbocycles. The molecule has 0 atom stereocenters. The van der Waals surface area contributed by atoms with Gasteiger partial charge in [-0.3, -0.25) is 9.59 Å². The van der Waals surface area contributed by atoms with Crippen LogP contribution in [0.5, 0.6) is 0 Å². The zero-order valence-corrected chi connectivity index (χ0v) is 15.5. The topological polar surface area (TPSA) is 64.7 Å². The zero-order valence-electron chi connectivity index (χ0n) is 15.5. The van der Waals surface area contributed by atoms with E-state index in [1.165, 1.54) is 18.5 Å². The molecule has 1 fully saturated rings. The molecule has 1 aliphatic heterocycles. The molecule has 0 unspecified atom stereocenters. The maximum absolute atomic E-state index is 11.9. The van der Waals surface area contributed by atoms with Gasteiger partial charge in [0.1, 0.15) is 6.42 Å². The predicted octanol–water partition coefficient (Wildman–Crippen LogP) is 1.93. The van der Waals surface area contributed by atoms with Crippen LogP contribution < -0.4 is 15.5 Å². The Labute approximate surface area is 150 Å². The average molecular weight is 346 g/mol. The van der Waals surface area contributed by atoms with E-state index < -0.39 is 0 Å². The van der Waals surface area contributed by atoms with Crippen molar-refractivity contribution in [2.45, 2.75) is 26.2 Å². The Bertz CT molecular complexity index is 563. The van der Waals surface area contributed by atoms with Gasteiger partial charge in [0, 0.05) is 37.6 Å². The van der Waals surface area contributed by atoms with E-state index in [1.807, 2.05) is 43.3 Å². The first-order chi connectivity index (χ1) is 11.9. The first kappa shape index (κ1) is 19.2. The first-order valence-corrected chi connectivity index (χ1v) is 9.00. The fraction of sp³-hybridized carbons (Fsp3) is 0.579. The molecule has 0 bridgehead atoms. The quantitative estimate of drug-likeness (QED) is 0.741. The monoisotopic (exact) mass is 346 g/mol. The maximum Gasteiger partial charge on any atom is 0.233 e. The summed E-state index contributed by atoms with van der Waals surface area (Å²) in [7, 11) is 3.87. The standard InChI is InChI=1S/C19H30N4O2/c1-15-8-11-23(12-9-15)17-6-4-16(5-7-17)21-19(25)14-18(24)20-10-13-22(2)3/h4-7,15H,8-14H2,1-3H3,(H,20,24)(H,21,25). The van der Waals surface area contributed by atoms with Crippen LogP contribution in [0.4, 0.5) is 11.4 Å². The Morgan fingerprint density at radius 1 is 1.12 bits per heavy atom. The molecule has 1 aromatic rings. The number of benzene rings is 1. The van der Waals surface area contributed by atoms with Gasteiger partial charge in [0.15, 0.2) is 0 Å². The van der Waals surface area contributed by atoms with Gasteiger partial charge >= 0.3 is 0 Å². The van der Waals surface area contributed by atoms with Crippen molar-refractivity contribution in [3.8, 4) is 0 Å². The van der Waals surface area contributed by atoms with Crippen LogP contribution >= 0.6 is 0 Å². The Hall–Kier alpha value is -2.08. The van der Waals surface area contributed by atoms with Gasteiger partial charge in [0.25, 0.3) is 0 Å². The SMILES string of the molecule is CC1CCN(c2ccc(NC(=O)CC(=O)NCCN(C)C)cc2)CC1. The Morgan fingerprint density at radius 2 is 1.76 bits per heavy atom. The number of anilines is 2. The second-order valence-corrected chi connectivity index (χ2v) is 7.09. The van der Waals surface area contributed by atoms with Crippen LogP contribution in [0.1, 0.15) is 26.2 Å². The summed E-state index contributed by atoms with van der Waals surface area (Å²) >= 11 is 0. The van der Waals surface area contributed by atoms with Gasteiger partial charge < -0.3 is 20.4 Å². The molecule has 25 heavy (non-hydrogen) atoms. The maximum atomic E-state index is 11.9. The van der Waals surface area contributed by atoms with E-state index in [2.05, 4.69) is 22.5 Å². The lowest BCUT2D eigenvalue weighted by atomic mass is 9.99. The van der Waals surface area contributed by atoms with Crippen molar-refractivity contribution < 1.29 is 9.59 Å². The van der Waals surface area contributed by atoms with Crippen LogP contribution in [0.15, 0.2) is 24.3 Å². The number of rotatable bonds is 7. The van der Waals surface area contributed by atoms with E-state index in [0.29, 0.717) is 6.54 Å². The highest BCUT2D eigenvalue weighted by Crippen LogP contribution is 2.24. The molecule has 1 aliphatic rings. The minimum Gasteiger partial charge on any atom is -0.372 e. The van der Waals surface area contributed by atoms with Crippen molar-refractivity contribution in [2.24, 2.45) is 5.92 Å². The predicted molar refractivity (Wildman–Crippen MR) is 102 cm³/mol. The summed E-state index contributed by atoms with van der Waals surface area (Å²) in [5.41, 5.74) is 1.91. The summed E-state index contributed by atoms with van der Waals surface area (Å²) in [4.78, 5) is 28.0. The molecular formula is C19H30N4O2.